The summed E-state index contributed by atoms with van der Waals surface area (Å²) >= 11 is 0. The van der Waals surface area contributed by atoms with Crippen molar-refractivity contribution in [3.05, 3.63) is 18.0 Å². The fraction of sp³-hybridized carbons (Fsp3) is 0.500. The number of carbonyl (C=O) groups is 1. The first-order valence-corrected chi connectivity index (χ1v) is 4.02. The highest BCUT2D eigenvalue weighted by atomic mass is 19.3. The van der Waals surface area contributed by atoms with Crippen LogP contribution in [-0.2, 0) is 22.5 Å². The van der Waals surface area contributed by atoms with Gasteiger partial charge in [-0.1, -0.05) is 0 Å². The van der Waals surface area contributed by atoms with Crippen LogP contribution in [0.15, 0.2) is 12.4 Å². The van der Waals surface area contributed by atoms with Crippen molar-refractivity contribution >= 4 is 5.97 Å². The van der Waals surface area contributed by atoms with Gasteiger partial charge in [0.15, 0.2) is 0 Å². The molecular formula is C8H10F2N2O2. The van der Waals surface area contributed by atoms with E-state index in [-0.39, 0.29) is 6.61 Å². The standard InChI is InChI=1S/C8H10F2N2O2/c1-3-14-7(13)8(9,10)6-4-11-12(2)5-6/h4-5H,3H2,1-2H3. The van der Waals surface area contributed by atoms with Crippen LogP contribution in [0.25, 0.3) is 0 Å². The molecule has 0 bridgehead atoms. The Kier molecular flexibility index (Phi) is 2.83. The monoisotopic (exact) mass is 204 g/mol. The second-order valence-electron chi connectivity index (χ2n) is 2.70. The van der Waals surface area contributed by atoms with Gasteiger partial charge in [0.25, 0.3) is 0 Å². The number of hydrogen-bond acceptors (Lipinski definition) is 3. The van der Waals surface area contributed by atoms with Gasteiger partial charge in [-0.15, -0.1) is 0 Å². The van der Waals surface area contributed by atoms with Crippen molar-refractivity contribution in [2.24, 2.45) is 7.05 Å². The predicted octanol–water partition coefficient (Wildman–Crippen LogP) is 1.08. The molecule has 0 spiro atoms. The number of halogens is 2. The summed E-state index contributed by atoms with van der Waals surface area (Å²) in [5.74, 6) is -5.17. The highest BCUT2D eigenvalue weighted by Crippen LogP contribution is 2.28. The maximum atomic E-state index is 13.2. The van der Waals surface area contributed by atoms with Crippen LogP contribution in [0, 0.1) is 0 Å². The molecule has 14 heavy (non-hydrogen) atoms. The number of aromatic nitrogens is 2. The Bertz CT molecular complexity index is 336. The van der Waals surface area contributed by atoms with Gasteiger partial charge in [-0.2, -0.15) is 13.9 Å². The maximum Gasteiger partial charge on any atom is 0.382 e. The summed E-state index contributed by atoms with van der Waals surface area (Å²) in [6, 6.07) is 0. The number of rotatable bonds is 3. The van der Waals surface area contributed by atoms with Crippen molar-refractivity contribution in [2.75, 3.05) is 6.61 Å². The average molecular weight is 204 g/mol. The van der Waals surface area contributed by atoms with Crippen molar-refractivity contribution in [3.8, 4) is 0 Å². The molecule has 0 saturated carbocycles. The number of alkyl halides is 2. The summed E-state index contributed by atoms with van der Waals surface area (Å²) in [6.45, 7) is 1.39. The third-order valence-electron chi connectivity index (χ3n) is 1.60. The number of ether oxygens (including phenoxy) is 1. The van der Waals surface area contributed by atoms with E-state index in [1.807, 2.05) is 0 Å². The molecule has 0 aliphatic carbocycles. The van der Waals surface area contributed by atoms with Crippen LogP contribution < -0.4 is 0 Å². The van der Waals surface area contributed by atoms with Crippen LogP contribution in [-0.4, -0.2) is 22.4 Å². The SMILES string of the molecule is CCOC(=O)C(F)(F)c1cnn(C)c1. The lowest BCUT2D eigenvalue weighted by Crippen LogP contribution is -2.27. The van der Waals surface area contributed by atoms with Crippen LogP contribution in [0.1, 0.15) is 12.5 Å². The minimum atomic E-state index is -3.62. The number of carbonyl (C=O) groups excluding carboxylic acids is 1. The Morgan fingerprint density at radius 2 is 2.36 bits per heavy atom. The van der Waals surface area contributed by atoms with E-state index >= 15 is 0 Å². The largest absolute Gasteiger partial charge is 0.461 e. The first-order valence-electron chi connectivity index (χ1n) is 4.02. The van der Waals surface area contributed by atoms with Crippen LogP contribution in [0.3, 0.4) is 0 Å². The summed E-state index contributed by atoms with van der Waals surface area (Å²) < 4.78 is 31.9. The van der Waals surface area contributed by atoms with E-state index in [1.54, 1.807) is 0 Å². The van der Waals surface area contributed by atoms with E-state index in [0.717, 1.165) is 12.4 Å². The molecule has 6 heteroatoms. The molecule has 1 heterocycles. The van der Waals surface area contributed by atoms with Crippen LogP contribution in [0.5, 0.6) is 0 Å². The van der Waals surface area contributed by atoms with Crippen molar-refractivity contribution in [3.63, 3.8) is 0 Å². The molecule has 0 aromatic carbocycles. The minimum absolute atomic E-state index is 0.0747. The Morgan fingerprint density at radius 1 is 1.71 bits per heavy atom. The number of hydrogen-bond donors (Lipinski definition) is 0. The van der Waals surface area contributed by atoms with Gasteiger partial charge in [-0.3, -0.25) is 4.68 Å². The van der Waals surface area contributed by atoms with Crippen molar-refractivity contribution < 1.29 is 18.3 Å². The molecule has 1 rings (SSSR count). The first-order chi connectivity index (χ1) is 6.48. The van der Waals surface area contributed by atoms with Gasteiger partial charge < -0.3 is 4.74 Å². The highest BCUT2D eigenvalue weighted by Gasteiger charge is 2.43. The average Bonchev–Trinajstić information content (AvgIpc) is 2.52. The lowest BCUT2D eigenvalue weighted by Gasteiger charge is -2.11. The Labute approximate surface area is 79.5 Å². The number of aryl methyl sites for hydroxylation is 1. The van der Waals surface area contributed by atoms with Crippen molar-refractivity contribution in [2.45, 2.75) is 12.8 Å². The summed E-state index contributed by atoms with van der Waals surface area (Å²) in [5.41, 5.74) is -0.460. The molecule has 0 aliphatic rings. The van der Waals surface area contributed by atoms with E-state index in [4.69, 9.17) is 0 Å². The second-order valence-corrected chi connectivity index (χ2v) is 2.70. The van der Waals surface area contributed by atoms with E-state index in [1.165, 1.54) is 18.7 Å². The van der Waals surface area contributed by atoms with E-state index in [0.29, 0.717) is 0 Å². The molecule has 0 fully saturated rings. The molecule has 78 valence electrons. The maximum absolute atomic E-state index is 13.2. The van der Waals surface area contributed by atoms with Crippen LogP contribution in [0.2, 0.25) is 0 Å². The molecule has 4 nitrogen and oxygen atoms in total. The van der Waals surface area contributed by atoms with Crippen LogP contribution >= 0.6 is 0 Å². The summed E-state index contributed by atoms with van der Waals surface area (Å²) in [5, 5.41) is 3.55. The molecule has 0 N–H and O–H groups in total. The number of esters is 1. The molecule has 0 saturated heterocycles. The van der Waals surface area contributed by atoms with E-state index < -0.39 is 17.5 Å². The first kappa shape index (κ1) is 10.6. The fourth-order valence-electron chi connectivity index (χ4n) is 0.923. The quantitative estimate of drug-likeness (QED) is 0.692. The van der Waals surface area contributed by atoms with Gasteiger partial charge in [0, 0.05) is 13.2 Å². The highest BCUT2D eigenvalue weighted by molar-refractivity contribution is 5.79. The second kappa shape index (κ2) is 3.73. The Morgan fingerprint density at radius 3 is 2.79 bits per heavy atom. The zero-order valence-electron chi connectivity index (χ0n) is 7.83. The number of nitrogens with zero attached hydrogens (tertiary/aromatic N) is 2. The molecule has 0 radical (unpaired) electrons. The third-order valence-corrected chi connectivity index (χ3v) is 1.60. The molecule has 0 unspecified atom stereocenters. The lowest BCUT2D eigenvalue weighted by molar-refractivity contribution is -0.173. The van der Waals surface area contributed by atoms with Crippen molar-refractivity contribution in [1.29, 1.82) is 0 Å². The predicted molar refractivity (Wildman–Crippen MR) is 43.7 cm³/mol. The third kappa shape index (κ3) is 1.89. The molecule has 0 amide bonds. The molecule has 0 aliphatic heterocycles. The van der Waals surface area contributed by atoms with Gasteiger partial charge in [-0.05, 0) is 6.92 Å². The summed E-state index contributed by atoms with van der Waals surface area (Å²) in [7, 11) is 1.49. The molecule has 1 aromatic rings. The topological polar surface area (TPSA) is 44.1 Å². The van der Waals surface area contributed by atoms with Gasteiger partial charge in [0.1, 0.15) is 0 Å². The molecular weight excluding hydrogens is 194 g/mol. The Hall–Kier alpha value is -1.46. The van der Waals surface area contributed by atoms with Gasteiger partial charge in [-0.25, -0.2) is 4.79 Å². The van der Waals surface area contributed by atoms with E-state index in [9.17, 15) is 13.6 Å². The fourth-order valence-corrected chi connectivity index (χ4v) is 0.923. The zero-order valence-corrected chi connectivity index (χ0v) is 7.83. The van der Waals surface area contributed by atoms with Gasteiger partial charge in [0.05, 0.1) is 18.4 Å². The zero-order chi connectivity index (χ0) is 10.8. The van der Waals surface area contributed by atoms with E-state index in [2.05, 4.69) is 9.84 Å². The molecule has 0 atom stereocenters. The van der Waals surface area contributed by atoms with Gasteiger partial charge >= 0.3 is 11.9 Å². The normalized spacial score (nSPS) is 11.4. The molecule has 1 aromatic heterocycles. The summed E-state index contributed by atoms with van der Waals surface area (Å²) in [4.78, 5) is 10.9. The Balaban J connectivity index is 2.89. The smallest absolute Gasteiger partial charge is 0.382 e. The van der Waals surface area contributed by atoms with Crippen molar-refractivity contribution in [1.82, 2.24) is 9.78 Å². The van der Waals surface area contributed by atoms with Gasteiger partial charge in [0.2, 0.25) is 0 Å². The lowest BCUT2D eigenvalue weighted by atomic mass is 10.2. The minimum Gasteiger partial charge on any atom is -0.461 e. The van der Waals surface area contributed by atoms with Crippen LogP contribution in [0.4, 0.5) is 8.78 Å². The summed E-state index contributed by atoms with van der Waals surface area (Å²) in [6.07, 6.45) is 2.02.